The zero-order valence-electron chi connectivity index (χ0n) is 16.9. The van der Waals surface area contributed by atoms with Crippen LogP contribution in [0.4, 0.5) is 0 Å². The van der Waals surface area contributed by atoms with Crippen LogP contribution in [0, 0.1) is 0 Å². The van der Waals surface area contributed by atoms with Crippen LogP contribution < -0.4 is 5.32 Å². The molecular weight excluding hydrogens is 414 g/mol. The van der Waals surface area contributed by atoms with E-state index in [2.05, 4.69) is 80.2 Å². The molecule has 1 aliphatic carbocycles. The number of benzene rings is 1. The van der Waals surface area contributed by atoms with Crippen molar-refractivity contribution in [1.29, 1.82) is 0 Å². The molecule has 1 aliphatic rings. The highest BCUT2D eigenvalue weighted by molar-refractivity contribution is 9.10. The Kier molecular flexibility index (Phi) is 8.16. The first kappa shape index (κ1) is 21.1. The van der Waals surface area contributed by atoms with Crippen molar-refractivity contribution in [2.24, 2.45) is 0 Å². The normalized spacial score (nSPS) is 14.9. The number of nitrogens with one attached hydrogen (secondary N) is 1. The van der Waals surface area contributed by atoms with Crippen molar-refractivity contribution in [3.05, 3.63) is 58.3 Å². The van der Waals surface area contributed by atoms with Crippen molar-refractivity contribution in [1.82, 2.24) is 14.8 Å². The number of carbonyl (C=O) groups excluding carboxylic acids is 1. The summed E-state index contributed by atoms with van der Waals surface area (Å²) in [6, 6.07) is 13.1. The lowest BCUT2D eigenvalue weighted by Crippen LogP contribution is -2.45. The number of halogens is 1. The van der Waals surface area contributed by atoms with Gasteiger partial charge in [0.1, 0.15) is 0 Å². The standard InChI is InChI=1S/C23H32BrN3O/c1-2-14-25-16-23(28)27(21-7-4-3-5-8-21)18-22-9-6-15-26(22)17-19-10-12-20(24)13-11-19/h6,9-13,15,21,25H,2-5,7-8,14,16-18H2,1H3. The van der Waals surface area contributed by atoms with Gasteiger partial charge in [-0.3, -0.25) is 4.79 Å². The molecule has 0 atom stereocenters. The van der Waals surface area contributed by atoms with Gasteiger partial charge in [-0.25, -0.2) is 0 Å². The summed E-state index contributed by atoms with van der Waals surface area (Å²) in [6.45, 7) is 4.99. The highest BCUT2D eigenvalue weighted by atomic mass is 79.9. The van der Waals surface area contributed by atoms with Gasteiger partial charge in [0.05, 0.1) is 13.1 Å². The van der Waals surface area contributed by atoms with Crippen molar-refractivity contribution in [3.8, 4) is 0 Å². The molecule has 0 saturated heterocycles. The molecule has 2 aromatic rings. The van der Waals surface area contributed by atoms with Crippen LogP contribution >= 0.6 is 15.9 Å². The molecule has 1 amide bonds. The Morgan fingerprint density at radius 3 is 2.64 bits per heavy atom. The number of hydrogen-bond donors (Lipinski definition) is 1. The summed E-state index contributed by atoms with van der Waals surface area (Å²) in [4.78, 5) is 15.1. The number of nitrogens with zero attached hydrogens (tertiary/aromatic N) is 2. The van der Waals surface area contributed by atoms with Crippen LogP contribution in [-0.2, 0) is 17.9 Å². The van der Waals surface area contributed by atoms with Crippen molar-refractivity contribution >= 4 is 21.8 Å². The lowest BCUT2D eigenvalue weighted by Gasteiger charge is -2.35. The molecule has 1 heterocycles. The minimum Gasteiger partial charge on any atom is -0.345 e. The Morgan fingerprint density at radius 2 is 1.93 bits per heavy atom. The van der Waals surface area contributed by atoms with Crippen molar-refractivity contribution in [3.63, 3.8) is 0 Å². The Morgan fingerprint density at radius 1 is 1.18 bits per heavy atom. The molecule has 0 unspecified atom stereocenters. The fraction of sp³-hybridized carbons (Fsp3) is 0.522. The summed E-state index contributed by atoms with van der Waals surface area (Å²) in [5, 5.41) is 3.29. The van der Waals surface area contributed by atoms with E-state index >= 15 is 0 Å². The van der Waals surface area contributed by atoms with Crippen LogP contribution in [-0.4, -0.2) is 34.5 Å². The molecule has 1 aromatic carbocycles. The van der Waals surface area contributed by atoms with E-state index in [1.807, 2.05) is 0 Å². The van der Waals surface area contributed by atoms with E-state index in [-0.39, 0.29) is 5.91 Å². The van der Waals surface area contributed by atoms with Gasteiger partial charge in [0.25, 0.3) is 0 Å². The highest BCUT2D eigenvalue weighted by Crippen LogP contribution is 2.24. The lowest BCUT2D eigenvalue weighted by atomic mass is 9.94. The summed E-state index contributed by atoms with van der Waals surface area (Å²) < 4.78 is 3.36. The molecule has 3 rings (SSSR count). The summed E-state index contributed by atoms with van der Waals surface area (Å²) >= 11 is 3.50. The van der Waals surface area contributed by atoms with Crippen LogP contribution in [0.15, 0.2) is 47.1 Å². The van der Waals surface area contributed by atoms with E-state index in [9.17, 15) is 4.79 Å². The van der Waals surface area contributed by atoms with Gasteiger partial charge in [-0.05, 0) is 55.6 Å². The fourth-order valence-electron chi connectivity index (χ4n) is 4.00. The van der Waals surface area contributed by atoms with Gasteiger partial charge in [-0.1, -0.05) is 54.2 Å². The Labute approximate surface area is 177 Å². The number of aromatic nitrogens is 1. The van der Waals surface area contributed by atoms with Crippen molar-refractivity contribution in [2.75, 3.05) is 13.1 Å². The van der Waals surface area contributed by atoms with Crippen LogP contribution in [0.5, 0.6) is 0 Å². The molecule has 0 spiro atoms. The maximum absolute atomic E-state index is 13.0. The predicted octanol–water partition coefficient (Wildman–Crippen LogP) is 4.96. The number of carbonyl (C=O) groups is 1. The molecular formula is C23H32BrN3O. The molecule has 1 saturated carbocycles. The van der Waals surface area contributed by atoms with Gasteiger partial charge < -0.3 is 14.8 Å². The van der Waals surface area contributed by atoms with Crippen molar-refractivity contribution in [2.45, 2.75) is 64.6 Å². The first-order valence-corrected chi connectivity index (χ1v) is 11.4. The summed E-state index contributed by atoms with van der Waals surface area (Å²) in [6.07, 6.45) is 9.20. The largest absolute Gasteiger partial charge is 0.345 e. The molecule has 0 bridgehead atoms. The number of rotatable bonds is 9. The minimum atomic E-state index is 0.233. The van der Waals surface area contributed by atoms with Crippen LogP contribution in [0.1, 0.15) is 56.7 Å². The van der Waals surface area contributed by atoms with E-state index in [1.54, 1.807) is 0 Å². The maximum Gasteiger partial charge on any atom is 0.237 e. The first-order chi connectivity index (χ1) is 13.7. The Hall–Kier alpha value is -1.59. The van der Waals surface area contributed by atoms with E-state index in [0.717, 1.165) is 36.8 Å². The van der Waals surface area contributed by atoms with Crippen LogP contribution in [0.3, 0.4) is 0 Å². The zero-order valence-corrected chi connectivity index (χ0v) is 18.5. The molecule has 1 fully saturated rings. The van der Waals surface area contributed by atoms with Gasteiger partial charge in [0.15, 0.2) is 0 Å². The molecule has 0 radical (unpaired) electrons. The smallest absolute Gasteiger partial charge is 0.237 e. The van der Waals surface area contributed by atoms with Gasteiger partial charge in [0, 0.05) is 29.0 Å². The molecule has 152 valence electrons. The zero-order chi connectivity index (χ0) is 19.8. The molecule has 4 nitrogen and oxygen atoms in total. The topological polar surface area (TPSA) is 37.3 Å². The van der Waals surface area contributed by atoms with Gasteiger partial charge in [-0.15, -0.1) is 0 Å². The maximum atomic E-state index is 13.0. The predicted molar refractivity (Wildman–Crippen MR) is 118 cm³/mol. The average molecular weight is 446 g/mol. The summed E-state index contributed by atoms with van der Waals surface area (Å²) in [5.74, 6) is 0.233. The Balaban J connectivity index is 1.72. The van der Waals surface area contributed by atoms with Gasteiger partial charge in [-0.2, -0.15) is 0 Å². The van der Waals surface area contributed by atoms with E-state index in [1.165, 1.54) is 30.5 Å². The third-order valence-corrected chi connectivity index (χ3v) is 6.09. The molecule has 1 N–H and O–H groups in total. The molecule has 0 aliphatic heterocycles. The van der Waals surface area contributed by atoms with Crippen LogP contribution in [0.2, 0.25) is 0 Å². The third-order valence-electron chi connectivity index (χ3n) is 5.56. The second-order valence-corrected chi connectivity index (χ2v) is 8.66. The van der Waals surface area contributed by atoms with Crippen molar-refractivity contribution < 1.29 is 4.79 Å². The number of hydrogen-bond acceptors (Lipinski definition) is 2. The van der Waals surface area contributed by atoms with Gasteiger partial charge >= 0.3 is 0 Å². The third kappa shape index (κ3) is 5.95. The van der Waals surface area contributed by atoms with Crippen LogP contribution in [0.25, 0.3) is 0 Å². The van der Waals surface area contributed by atoms with E-state index in [4.69, 9.17) is 0 Å². The molecule has 5 heteroatoms. The molecule has 1 aromatic heterocycles. The van der Waals surface area contributed by atoms with Gasteiger partial charge in [0.2, 0.25) is 5.91 Å². The molecule has 28 heavy (non-hydrogen) atoms. The summed E-state index contributed by atoms with van der Waals surface area (Å²) in [7, 11) is 0. The second-order valence-electron chi connectivity index (χ2n) is 7.74. The Bertz CT molecular complexity index is 735. The lowest BCUT2D eigenvalue weighted by molar-refractivity contribution is -0.134. The second kappa shape index (κ2) is 10.8. The minimum absolute atomic E-state index is 0.233. The SMILES string of the molecule is CCCNCC(=O)N(Cc1cccn1Cc1ccc(Br)cc1)C1CCCCC1. The van der Waals surface area contributed by atoms with E-state index in [0.29, 0.717) is 19.1 Å². The average Bonchev–Trinajstić information content (AvgIpc) is 3.15. The highest BCUT2D eigenvalue weighted by Gasteiger charge is 2.26. The fourth-order valence-corrected chi connectivity index (χ4v) is 4.26. The summed E-state index contributed by atoms with van der Waals surface area (Å²) in [5.41, 5.74) is 2.47. The van der Waals surface area contributed by atoms with E-state index < -0.39 is 0 Å². The quantitative estimate of drug-likeness (QED) is 0.553. The first-order valence-electron chi connectivity index (χ1n) is 10.6. The monoisotopic (exact) mass is 445 g/mol. The number of amides is 1.